The van der Waals surface area contributed by atoms with Crippen LogP contribution in [0.5, 0.6) is 5.75 Å². The van der Waals surface area contributed by atoms with Gasteiger partial charge in [-0.3, -0.25) is 9.59 Å². The van der Waals surface area contributed by atoms with E-state index >= 15 is 0 Å². The lowest BCUT2D eigenvalue weighted by Crippen LogP contribution is -2.08. The average Bonchev–Trinajstić information content (AvgIpc) is 2.85. The number of aromatic nitrogens is 1. The molecule has 0 atom stereocenters. The Morgan fingerprint density at radius 3 is 2.84 bits per heavy atom. The second-order valence-electron chi connectivity index (χ2n) is 5.26. The zero-order valence-corrected chi connectivity index (χ0v) is 14.5. The third-order valence-corrected chi connectivity index (χ3v) is 4.15. The highest BCUT2D eigenvalue weighted by Crippen LogP contribution is 2.31. The van der Waals surface area contributed by atoms with Crippen molar-refractivity contribution in [3.63, 3.8) is 0 Å². The van der Waals surface area contributed by atoms with Gasteiger partial charge in [-0.2, -0.15) is 4.99 Å². The van der Waals surface area contributed by atoms with Crippen molar-refractivity contribution in [2.24, 2.45) is 10.7 Å². The van der Waals surface area contributed by atoms with Crippen molar-refractivity contribution >= 4 is 51.5 Å². The highest BCUT2D eigenvalue weighted by atomic mass is 32.2. The zero-order chi connectivity index (χ0) is 18.0. The first-order chi connectivity index (χ1) is 12.0. The third kappa shape index (κ3) is 3.80. The molecule has 3 N–H and O–H groups in total. The monoisotopic (exact) mass is 356 g/mol. The minimum absolute atomic E-state index is 0.204. The number of amidine groups is 1. The summed E-state index contributed by atoms with van der Waals surface area (Å²) in [5, 5.41) is 3.69. The van der Waals surface area contributed by atoms with E-state index in [9.17, 15) is 9.59 Å². The summed E-state index contributed by atoms with van der Waals surface area (Å²) in [6.45, 7) is 3.78. The number of carbonyl (C=O) groups is 2. The van der Waals surface area contributed by atoms with Crippen molar-refractivity contribution in [3.05, 3.63) is 34.7 Å². The first-order valence-electron chi connectivity index (χ1n) is 7.59. The Hall–Kier alpha value is -2.87. The Balaban J connectivity index is 2.04. The molecule has 0 saturated heterocycles. The Kier molecular flexibility index (Phi) is 4.71. The first-order valence-corrected chi connectivity index (χ1v) is 8.41. The topological polar surface area (TPSA) is 107 Å². The third-order valence-electron chi connectivity index (χ3n) is 3.33. The lowest BCUT2D eigenvalue weighted by molar-refractivity contribution is -0.114. The van der Waals surface area contributed by atoms with E-state index in [-0.39, 0.29) is 17.0 Å². The number of pyridine rings is 1. The molecule has 0 bridgehead atoms. The minimum Gasteiger partial charge on any atom is -0.493 e. The number of thioether (sulfide) groups is 1. The summed E-state index contributed by atoms with van der Waals surface area (Å²) in [6.07, 6.45) is 1.73. The molecular formula is C17H16N4O3S. The number of nitrogens with two attached hydrogens (primary N) is 1. The van der Waals surface area contributed by atoms with Crippen LogP contribution in [-0.2, 0) is 9.59 Å². The molecule has 1 aromatic carbocycles. The second-order valence-corrected chi connectivity index (χ2v) is 6.32. The Bertz CT molecular complexity index is 937. The molecule has 0 saturated carbocycles. The van der Waals surface area contributed by atoms with Crippen LogP contribution >= 0.6 is 11.8 Å². The van der Waals surface area contributed by atoms with Gasteiger partial charge in [0.25, 0.3) is 5.91 Å². The van der Waals surface area contributed by atoms with Gasteiger partial charge in [-0.05, 0) is 42.5 Å². The smallest absolute Gasteiger partial charge is 0.286 e. The van der Waals surface area contributed by atoms with Crippen LogP contribution < -0.4 is 15.8 Å². The van der Waals surface area contributed by atoms with Crippen LogP contribution in [0.25, 0.3) is 17.0 Å². The van der Waals surface area contributed by atoms with Crippen molar-refractivity contribution in [3.8, 4) is 5.75 Å². The summed E-state index contributed by atoms with van der Waals surface area (Å²) in [7, 11) is 0. The number of fused-ring (bicyclic) bond motifs is 1. The van der Waals surface area contributed by atoms with Gasteiger partial charge in [-0.15, -0.1) is 0 Å². The van der Waals surface area contributed by atoms with Crippen LogP contribution in [-0.4, -0.2) is 28.6 Å². The number of anilines is 1. The van der Waals surface area contributed by atoms with Gasteiger partial charge in [0.15, 0.2) is 5.17 Å². The molecule has 3 rings (SSSR count). The van der Waals surface area contributed by atoms with E-state index in [2.05, 4.69) is 15.3 Å². The fourth-order valence-electron chi connectivity index (χ4n) is 2.40. The summed E-state index contributed by atoms with van der Waals surface area (Å²) in [6, 6.07) is 7.20. The molecule has 25 heavy (non-hydrogen) atoms. The normalized spacial score (nSPS) is 15.5. The fraction of sp³-hybridized carbons (Fsp3) is 0.176. The zero-order valence-electron chi connectivity index (χ0n) is 13.7. The van der Waals surface area contributed by atoms with Crippen molar-refractivity contribution < 1.29 is 14.3 Å². The molecule has 0 aliphatic carbocycles. The Morgan fingerprint density at radius 2 is 2.20 bits per heavy atom. The van der Waals surface area contributed by atoms with E-state index in [1.54, 1.807) is 12.1 Å². The lowest BCUT2D eigenvalue weighted by atomic mass is 10.1. The predicted molar refractivity (Wildman–Crippen MR) is 99.4 cm³/mol. The van der Waals surface area contributed by atoms with Crippen molar-refractivity contribution in [2.45, 2.75) is 13.8 Å². The number of hydrogen-bond donors (Lipinski definition) is 2. The standard InChI is InChI=1S/C17H16N4O3S/c1-3-24-13-8-15(19-9(2)22)20-12-5-4-10(6-11(12)13)7-14-16(23)21-17(18)25-14/h4-8H,3H2,1-2H3,(H2,18,21,23)(H,19,20,22)/b14-7-. The van der Waals surface area contributed by atoms with Gasteiger partial charge >= 0.3 is 0 Å². The van der Waals surface area contributed by atoms with E-state index in [4.69, 9.17) is 10.5 Å². The molecule has 0 fully saturated rings. The molecule has 128 valence electrons. The number of nitrogens with one attached hydrogen (secondary N) is 1. The molecule has 7 nitrogen and oxygen atoms in total. The molecule has 0 spiro atoms. The summed E-state index contributed by atoms with van der Waals surface area (Å²) < 4.78 is 5.68. The second kappa shape index (κ2) is 6.94. The number of ether oxygens (including phenoxy) is 1. The number of amides is 2. The molecule has 1 aliphatic heterocycles. The van der Waals surface area contributed by atoms with Gasteiger partial charge in [-0.1, -0.05) is 6.07 Å². The Labute approximate surface area is 148 Å². The summed E-state index contributed by atoms with van der Waals surface area (Å²) in [5.41, 5.74) is 7.05. The predicted octanol–water partition coefficient (Wildman–Crippen LogP) is 2.52. The Morgan fingerprint density at radius 1 is 1.40 bits per heavy atom. The fourth-order valence-corrected chi connectivity index (χ4v) is 3.08. The molecule has 8 heteroatoms. The molecule has 0 radical (unpaired) electrons. The molecule has 0 unspecified atom stereocenters. The highest BCUT2D eigenvalue weighted by molar-refractivity contribution is 8.18. The molecule has 1 aromatic heterocycles. The SMILES string of the molecule is CCOc1cc(NC(C)=O)nc2ccc(/C=C3\SC(N)=NC3=O)cc12. The maximum atomic E-state index is 11.7. The lowest BCUT2D eigenvalue weighted by Gasteiger charge is -2.11. The van der Waals surface area contributed by atoms with Crippen LogP contribution in [0, 0.1) is 0 Å². The maximum absolute atomic E-state index is 11.7. The average molecular weight is 356 g/mol. The largest absolute Gasteiger partial charge is 0.493 e. The number of rotatable bonds is 4. The van der Waals surface area contributed by atoms with E-state index in [0.717, 1.165) is 22.7 Å². The molecule has 2 amide bonds. The van der Waals surface area contributed by atoms with Gasteiger partial charge < -0.3 is 15.8 Å². The molecular weight excluding hydrogens is 340 g/mol. The molecule has 1 aliphatic rings. The number of hydrogen-bond acceptors (Lipinski definition) is 6. The summed E-state index contributed by atoms with van der Waals surface area (Å²) >= 11 is 1.14. The van der Waals surface area contributed by atoms with Gasteiger partial charge in [0.1, 0.15) is 11.6 Å². The van der Waals surface area contributed by atoms with Crippen LogP contribution in [0.4, 0.5) is 5.82 Å². The van der Waals surface area contributed by atoms with Crippen LogP contribution in [0.15, 0.2) is 34.2 Å². The van der Waals surface area contributed by atoms with Gasteiger partial charge in [0.05, 0.1) is 17.0 Å². The van der Waals surface area contributed by atoms with E-state index in [0.29, 0.717) is 28.6 Å². The molecule has 2 heterocycles. The van der Waals surface area contributed by atoms with E-state index in [1.165, 1.54) is 6.92 Å². The van der Waals surface area contributed by atoms with Gasteiger partial charge in [-0.25, -0.2) is 4.98 Å². The van der Waals surface area contributed by atoms with Crippen molar-refractivity contribution in [1.82, 2.24) is 4.98 Å². The van der Waals surface area contributed by atoms with Gasteiger partial charge in [0.2, 0.25) is 5.91 Å². The van der Waals surface area contributed by atoms with Crippen molar-refractivity contribution in [1.29, 1.82) is 0 Å². The van der Waals surface area contributed by atoms with Crippen LogP contribution in [0.3, 0.4) is 0 Å². The summed E-state index contributed by atoms with van der Waals surface area (Å²) in [5.74, 6) is 0.492. The minimum atomic E-state index is -0.341. The van der Waals surface area contributed by atoms with Crippen molar-refractivity contribution in [2.75, 3.05) is 11.9 Å². The van der Waals surface area contributed by atoms with Crippen LogP contribution in [0.1, 0.15) is 19.4 Å². The van der Waals surface area contributed by atoms with E-state index in [1.807, 2.05) is 25.1 Å². The number of benzene rings is 1. The summed E-state index contributed by atoms with van der Waals surface area (Å²) in [4.78, 5) is 31.6. The number of nitrogens with zero attached hydrogens (tertiary/aromatic N) is 2. The highest BCUT2D eigenvalue weighted by Gasteiger charge is 2.19. The quantitative estimate of drug-likeness (QED) is 0.815. The number of aliphatic imine (C=N–C) groups is 1. The van der Waals surface area contributed by atoms with Gasteiger partial charge in [0, 0.05) is 18.4 Å². The number of carbonyl (C=O) groups excluding carboxylic acids is 2. The maximum Gasteiger partial charge on any atom is 0.286 e. The van der Waals surface area contributed by atoms with E-state index < -0.39 is 0 Å². The van der Waals surface area contributed by atoms with Crippen LogP contribution in [0.2, 0.25) is 0 Å². The first kappa shape index (κ1) is 17.0. The molecule has 2 aromatic rings.